The molecule has 2 heterocycles. The number of alkyl halides is 1. The number of fused-ring (bicyclic) bond motifs is 1. The summed E-state index contributed by atoms with van der Waals surface area (Å²) in [4.78, 5) is 16.6. The Labute approximate surface area is 125 Å². The summed E-state index contributed by atoms with van der Waals surface area (Å²) in [5.41, 5.74) is 1.21. The number of nitrogens with zero attached hydrogens (tertiary/aromatic N) is 3. The van der Waals surface area contributed by atoms with E-state index in [2.05, 4.69) is 31.3 Å². The highest BCUT2D eigenvalue weighted by molar-refractivity contribution is 9.09. The van der Waals surface area contributed by atoms with Crippen molar-refractivity contribution in [2.24, 2.45) is 0 Å². The fourth-order valence-electron chi connectivity index (χ4n) is 2.84. The Morgan fingerprint density at radius 3 is 2.90 bits per heavy atom. The number of carbonyl (C=O) groups is 1. The lowest BCUT2D eigenvalue weighted by Gasteiger charge is -2.36. The van der Waals surface area contributed by atoms with E-state index in [9.17, 15) is 4.79 Å². The summed E-state index contributed by atoms with van der Waals surface area (Å²) in [6.45, 7) is 0. The number of rotatable bonds is 3. The Hall–Kier alpha value is -1.43. The highest BCUT2D eigenvalue weighted by atomic mass is 79.9. The Bertz CT molecular complexity index is 618. The van der Waals surface area contributed by atoms with Crippen LogP contribution in [0.5, 0.6) is 0 Å². The zero-order valence-electron chi connectivity index (χ0n) is 11.2. The van der Waals surface area contributed by atoms with Crippen molar-refractivity contribution in [1.29, 1.82) is 0 Å². The van der Waals surface area contributed by atoms with Gasteiger partial charge in [0.1, 0.15) is 0 Å². The number of halogens is 1. The first-order chi connectivity index (χ1) is 9.74. The van der Waals surface area contributed by atoms with E-state index in [-0.39, 0.29) is 11.4 Å². The van der Waals surface area contributed by atoms with E-state index in [0.29, 0.717) is 5.56 Å². The number of aromatic nitrogens is 3. The van der Waals surface area contributed by atoms with Crippen LogP contribution in [0.4, 0.5) is 0 Å². The molecule has 2 aromatic rings. The van der Waals surface area contributed by atoms with Crippen LogP contribution in [0.15, 0.2) is 24.8 Å². The van der Waals surface area contributed by atoms with Gasteiger partial charge in [-0.15, -0.1) is 0 Å². The van der Waals surface area contributed by atoms with Crippen LogP contribution < -0.4 is 5.32 Å². The van der Waals surface area contributed by atoms with Gasteiger partial charge in [-0.2, -0.15) is 5.10 Å². The molecule has 1 aliphatic carbocycles. The third-order valence-electron chi connectivity index (χ3n) is 4.01. The van der Waals surface area contributed by atoms with E-state index in [1.165, 1.54) is 19.3 Å². The van der Waals surface area contributed by atoms with Gasteiger partial charge < -0.3 is 5.32 Å². The third-order valence-corrected chi connectivity index (χ3v) is 5.09. The summed E-state index contributed by atoms with van der Waals surface area (Å²) in [5.74, 6) is -0.0608. The summed E-state index contributed by atoms with van der Waals surface area (Å²) in [6, 6.07) is 0. The minimum atomic E-state index is -0.119. The normalized spacial score (nSPS) is 18.1. The van der Waals surface area contributed by atoms with E-state index in [1.807, 2.05) is 0 Å². The van der Waals surface area contributed by atoms with E-state index in [1.54, 1.807) is 29.3 Å². The highest BCUT2D eigenvalue weighted by Crippen LogP contribution is 2.30. The molecule has 0 radical (unpaired) electrons. The van der Waals surface area contributed by atoms with Crippen molar-refractivity contribution in [1.82, 2.24) is 19.9 Å². The van der Waals surface area contributed by atoms with E-state index in [4.69, 9.17) is 0 Å². The maximum atomic E-state index is 12.5. The first-order valence-electron chi connectivity index (χ1n) is 6.90. The molecule has 1 aliphatic rings. The number of amides is 1. The Morgan fingerprint density at radius 2 is 2.15 bits per heavy atom. The molecule has 2 aromatic heterocycles. The summed E-state index contributed by atoms with van der Waals surface area (Å²) in [7, 11) is 0. The molecule has 0 atom stereocenters. The maximum absolute atomic E-state index is 12.5. The van der Waals surface area contributed by atoms with Crippen LogP contribution in [0.2, 0.25) is 0 Å². The second-order valence-corrected chi connectivity index (χ2v) is 5.95. The number of carbonyl (C=O) groups excluding carboxylic acids is 1. The van der Waals surface area contributed by atoms with Crippen LogP contribution >= 0.6 is 15.9 Å². The molecule has 5 nitrogen and oxygen atoms in total. The summed E-state index contributed by atoms with van der Waals surface area (Å²) in [6.07, 6.45) is 12.3. The van der Waals surface area contributed by atoms with Gasteiger partial charge in [0.25, 0.3) is 5.91 Å². The zero-order chi connectivity index (χ0) is 14.0. The fourth-order valence-corrected chi connectivity index (χ4v) is 3.54. The average Bonchev–Trinajstić information content (AvgIpc) is 2.92. The lowest BCUT2D eigenvalue weighted by molar-refractivity contribution is 0.0888. The molecule has 0 bridgehead atoms. The van der Waals surface area contributed by atoms with Gasteiger partial charge >= 0.3 is 0 Å². The molecule has 0 saturated heterocycles. The summed E-state index contributed by atoms with van der Waals surface area (Å²) >= 11 is 3.56. The molecule has 1 saturated carbocycles. The van der Waals surface area contributed by atoms with Gasteiger partial charge in [-0.25, -0.2) is 4.52 Å². The Morgan fingerprint density at radius 1 is 1.35 bits per heavy atom. The fraction of sp³-hybridized carbons (Fsp3) is 0.500. The van der Waals surface area contributed by atoms with Crippen molar-refractivity contribution >= 4 is 27.4 Å². The van der Waals surface area contributed by atoms with Crippen LogP contribution in [0.25, 0.3) is 5.52 Å². The Kier molecular flexibility index (Phi) is 3.74. The number of nitrogens with one attached hydrogen (secondary N) is 1. The number of hydrogen-bond donors (Lipinski definition) is 1. The smallest absolute Gasteiger partial charge is 0.255 e. The lowest BCUT2D eigenvalue weighted by Crippen LogP contribution is -2.51. The van der Waals surface area contributed by atoms with Crippen LogP contribution in [-0.4, -0.2) is 31.4 Å². The van der Waals surface area contributed by atoms with E-state index >= 15 is 0 Å². The van der Waals surface area contributed by atoms with Crippen molar-refractivity contribution in [3.8, 4) is 0 Å². The first kappa shape index (κ1) is 13.5. The standard InChI is InChI=1S/C14H17BrN4O/c15-10-14(4-2-1-3-5-14)18-13(20)11-8-17-19-7-6-16-9-12(11)19/h6-9H,1-5,10H2,(H,18,20). The van der Waals surface area contributed by atoms with Crippen molar-refractivity contribution < 1.29 is 4.79 Å². The predicted molar refractivity (Wildman–Crippen MR) is 80.1 cm³/mol. The van der Waals surface area contributed by atoms with Crippen molar-refractivity contribution in [2.45, 2.75) is 37.6 Å². The molecule has 20 heavy (non-hydrogen) atoms. The second-order valence-electron chi connectivity index (χ2n) is 5.39. The predicted octanol–water partition coefficient (Wildman–Crippen LogP) is 2.56. The zero-order valence-corrected chi connectivity index (χ0v) is 12.8. The molecule has 1 N–H and O–H groups in total. The topological polar surface area (TPSA) is 59.3 Å². The van der Waals surface area contributed by atoms with Crippen LogP contribution in [0.3, 0.4) is 0 Å². The number of hydrogen-bond acceptors (Lipinski definition) is 3. The van der Waals surface area contributed by atoms with Gasteiger partial charge in [0.2, 0.25) is 0 Å². The minimum absolute atomic E-state index is 0.0608. The van der Waals surface area contributed by atoms with Crippen molar-refractivity contribution in [3.63, 3.8) is 0 Å². The molecule has 0 aromatic carbocycles. The van der Waals surface area contributed by atoms with Gasteiger partial charge in [0, 0.05) is 17.7 Å². The summed E-state index contributed by atoms with van der Waals surface area (Å²) < 4.78 is 1.67. The largest absolute Gasteiger partial charge is 0.346 e. The van der Waals surface area contributed by atoms with Gasteiger partial charge in [0.15, 0.2) is 0 Å². The summed E-state index contributed by atoms with van der Waals surface area (Å²) in [5, 5.41) is 8.19. The monoisotopic (exact) mass is 336 g/mol. The van der Waals surface area contributed by atoms with Crippen LogP contribution in [0.1, 0.15) is 42.5 Å². The molecule has 1 fully saturated rings. The van der Waals surface area contributed by atoms with Gasteiger partial charge in [-0.05, 0) is 12.8 Å². The first-order valence-corrected chi connectivity index (χ1v) is 8.02. The van der Waals surface area contributed by atoms with Gasteiger partial charge in [-0.1, -0.05) is 35.2 Å². The molecule has 106 valence electrons. The molecule has 1 amide bonds. The molecule has 0 unspecified atom stereocenters. The molecular weight excluding hydrogens is 320 g/mol. The molecule has 3 rings (SSSR count). The maximum Gasteiger partial charge on any atom is 0.255 e. The van der Waals surface area contributed by atoms with Crippen molar-refractivity contribution in [2.75, 3.05) is 5.33 Å². The van der Waals surface area contributed by atoms with E-state index < -0.39 is 0 Å². The molecule has 0 spiro atoms. The highest BCUT2D eigenvalue weighted by Gasteiger charge is 2.33. The molecule has 6 heteroatoms. The van der Waals surface area contributed by atoms with Gasteiger partial charge in [0.05, 0.1) is 29.0 Å². The SMILES string of the molecule is O=C(NC1(CBr)CCCCC1)c1cnn2ccncc12. The quantitative estimate of drug-likeness (QED) is 0.876. The lowest BCUT2D eigenvalue weighted by atomic mass is 9.83. The average molecular weight is 337 g/mol. The third kappa shape index (κ3) is 2.44. The Balaban J connectivity index is 1.85. The molecular formula is C14H17BrN4O. The van der Waals surface area contributed by atoms with Crippen LogP contribution in [-0.2, 0) is 0 Å². The van der Waals surface area contributed by atoms with Gasteiger partial charge in [-0.3, -0.25) is 9.78 Å². The molecule has 0 aliphatic heterocycles. The van der Waals surface area contributed by atoms with Crippen LogP contribution in [0, 0.1) is 0 Å². The second kappa shape index (κ2) is 5.52. The van der Waals surface area contributed by atoms with Crippen molar-refractivity contribution in [3.05, 3.63) is 30.4 Å². The van der Waals surface area contributed by atoms with E-state index in [0.717, 1.165) is 23.7 Å². The minimum Gasteiger partial charge on any atom is -0.346 e.